The van der Waals surface area contributed by atoms with E-state index in [0.717, 1.165) is 30.6 Å². The molecule has 1 fully saturated rings. The third kappa shape index (κ3) is 6.31. The summed E-state index contributed by atoms with van der Waals surface area (Å²) in [5.74, 6) is 0.397. The zero-order chi connectivity index (χ0) is 23.1. The van der Waals surface area contributed by atoms with Crippen molar-refractivity contribution in [1.29, 1.82) is 0 Å². The molecule has 0 aromatic heterocycles. The summed E-state index contributed by atoms with van der Waals surface area (Å²) in [7, 11) is 1.59. The van der Waals surface area contributed by atoms with Crippen molar-refractivity contribution in [2.75, 3.05) is 30.9 Å². The summed E-state index contributed by atoms with van der Waals surface area (Å²) < 4.78 is 11.1. The number of aliphatic imine (C=N–C) groups is 1. The molecule has 0 spiro atoms. The summed E-state index contributed by atoms with van der Waals surface area (Å²) in [6.07, 6.45) is 1.99. The van der Waals surface area contributed by atoms with E-state index in [0.29, 0.717) is 35.2 Å². The average molecular weight is 439 g/mol. The molecule has 0 saturated carbocycles. The molecule has 8 nitrogen and oxygen atoms in total. The van der Waals surface area contributed by atoms with Gasteiger partial charge in [-0.2, -0.15) is 0 Å². The lowest BCUT2D eigenvalue weighted by molar-refractivity contribution is -0.114. The van der Waals surface area contributed by atoms with Gasteiger partial charge in [0.1, 0.15) is 5.75 Å². The molecule has 0 bridgehead atoms. The summed E-state index contributed by atoms with van der Waals surface area (Å²) in [5, 5.41) is 8.79. The van der Waals surface area contributed by atoms with Gasteiger partial charge in [-0.25, -0.2) is 4.99 Å². The molecule has 3 rings (SSSR count). The van der Waals surface area contributed by atoms with Crippen molar-refractivity contribution in [3.05, 3.63) is 53.1 Å². The lowest BCUT2D eigenvalue weighted by Gasteiger charge is -2.16. The van der Waals surface area contributed by atoms with E-state index in [9.17, 15) is 9.59 Å². The van der Waals surface area contributed by atoms with Crippen molar-refractivity contribution in [3.8, 4) is 5.75 Å². The second-order valence-corrected chi connectivity index (χ2v) is 7.82. The molecule has 1 aliphatic heterocycles. The lowest BCUT2D eigenvalue weighted by Crippen LogP contribution is -2.37. The zero-order valence-corrected chi connectivity index (χ0v) is 19.0. The number of aryl methyl sites for hydroxylation is 2. The van der Waals surface area contributed by atoms with Crippen LogP contribution in [0, 0.1) is 13.8 Å². The van der Waals surface area contributed by atoms with E-state index in [1.165, 1.54) is 6.92 Å². The average Bonchev–Trinajstić information content (AvgIpc) is 3.27. The molecule has 0 radical (unpaired) electrons. The van der Waals surface area contributed by atoms with Crippen molar-refractivity contribution >= 4 is 29.1 Å². The van der Waals surface area contributed by atoms with E-state index in [1.54, 1.807) is 25.3 Å². The number of carbonyl (C=O) groups is 2. The Morgan fingerprint density at radius 1 is 1.12 bits per heavy atom. The molecule has 0 unspecified atom stereocenters. The van der Waals surface area contributed by atoms with Gasteiger partial charge in [0.2, 0.25) is 11.9 Å². The second kappa shape index (κ2) is 10.8. The smallest absolute Gasteiger partial charge is 0.258 e. The number of amides is 2. The number of guanidine groups is 1. The fourth-order valence-electron chi connectivity index (χ4n) is 3.41. The van der Waals surface area contributed by atoms with Crippen LogP contribution in [-0.4, -0.2) is 44.1 Å². The molecular weight excluding hydrogens is 408 g/mol. The van der Waals surface area contributed by atoms with E-state index in [-0.39, 0.29) is 17.9 Å². The first-order valence-corrected chi connectivity index (χ1v) is 10.6. The number of benzene rings is 2. The summed E-state index contributed by atoms with van der Waals surface area (Å²) >= 11 is 0. The molecule has 1 aliphatic rings. The maximum absolute atomic E-state index is 13.0. The number of nitrogens with one attached hydrogen (secondary N) is 3. The quantitative estimate of drug-likeness (QED) is 0.472. The van der Waals surface area contributed by atoms with Crippen LogP contribution in [-0.2, 0) is 9.53 Å². The van der Waals surface area contributed by atoms with Gasteiger partial charge >= 0.3 is 0 Å². The number of anilines is 2. The maximum atomic E-state index is 13.0. The standard InChI is InChI=1S/C24H30N4O4/c1-15-7-10-22(31-4)21(12-15)27-24(25-14-19-6-5-11-32-19)28-23(30)18-9-8-16(2)20(13-18)26-17(3)29/h7-10,12-13,19H,5-6,11,14H2,1-4H3,(H,26,29)(H2,25,27,28,30)/t19-/m0/s1. The minimum absolute atomic E-state index is 0.0360. The molecule has 2 aromatic carbocycles. The molecule has 2 aromatic rings. The molecule has 1 saturated heterocycles. The van der Waals surface area contributed by atoms with E-state index in [2.05, 4.69) is 20.9 Å². The predicted molar refractivity (Wildman–Crippen MR) is 126 cm³/mol. The molecular formula is C24H30N4O4. The number of carbonyl (C=O) groups excluding carboxylic acids is 2. The first kappa shape index (κ1) is 23.3. The van der Waals surface area contributed by atoms with Crippen LogP contribution in [0.15, 0.2) is 41.4 Å². The van der Waals surface area contributed by atoms with Crippen molar-refractivity contribution < 1.29 is 19.1 Å². The highest BCUT2D eigenvalue weighted by Crippen LogP contribution is 2.25. The van der Waals surface area contributed by atoms with Gasteiger partial charge in [-0.1, -0.05) is 12.1 Å². The minimum Gasteiger partial charge on any atom is -0.495 e. The number of rotatable bonds is 6. The Morgan fingerprint density at radius 2 is 1.94 bits per heavy atom. The normalized spacial score (nSPS) is 15.9. The second-order valence-electron chi connectivity index (χ2n) is 7.82. The van der Waals surface area contributed by atoms with Crippen LogP contribution in [0.4, 0.5) is 11.4 Å². The zero-order valence-electron chi connectivity index (χ0n) is 19.0. The highest BCUT2D eigenvalue weighted by Gasteiger charge is 2.17. The van der Waals surface area contributed by atoms with Crippen LogP contribution >= 0.6 is 0 Å². The largest absolute Gasteiger partial charge is 0.495 e. The molecule has 8 heteroatoms. The van der Waals surface area contributed by atoms with Gasteiger partial charge in [0, 0.05) is 24.8 Å². The number of nitrogens with zero attached hydrogens (tertiary/aromatic N) is 1. The first-order chi connectivity index (χ1) is 15.4. The summed E-state index contributed by atoms with van der Waals surface area (Å²) in [4.78, 5) is 29.1. The Kier molecular flexibility index (Phi) is 7.83. The van der Waals surface area contributed by atoms with Crippen LogP contribution in [0.3, 0.4) is 0 Å². The van der Waals surface area contributed by atoms with Crippen LogP contribution in [0.2, 0.25) is 0 Å². The fourth-order valence-corrected chi connectivity index (χ4v) is 3.41. The Labute approximate surface area is 188 Å². The van der Waals surface area contributed by atoms with Gasteiger partial charge in [0.15, 0.2) is 0 Å². The Balaban J connectivity index is 1.83. The highest BCUT2D eigenvalue weighted by atomic mass is 16.5. The SMILES string of the molecule is COc1ccc(C)cc1NC(=NC[C@@H]1CCCO1)NC(=O)c1ccc(C)c(NC(C)=O)c1. The Hall–Kier alpha value is -3.39. The fraction of sp³-hybridized carbons (Fsp3) is 0.375. The summed E-state index contributed by atoms with van der Waals surface area (Å²) in [5.41, 5.74) is 3.60. The molecule has 3 N–H and O–H groups in total. The van der Waals surface area contributed by atoms with Gasteiger partial charge in [-0.15, -0.1) is 0 Å². The van der Waals surface area contributed by atoms with E-state index < -0.39 is 0 Å². The van der Waals surface area contributed by atoms with E-state index in [1.807, 2.05) is 32.0 Å². The van der Waals surface area contributed by atoms with Gasteiger partial charge in [-0.05, 0) is 62.1 Å². The van der Waals surface area contributed by atoms with Crippen molar-refractivity contribution in [2.24, 2.45) is 4.99 Å². The summed E-state index contributed by atoms with van der Waals surface area (Å²) in [6.45, 7) is 6.44. The highest BCUT2D eigenvalue weighted by molar-refractivity contribution is 6.10. The topological polar surface area (TPSA) is 101 Å². The van der Waals surface area contributed by atoms with Gasteiger partial charge < -0.3 is 20.1 Å². The third-order valence-corrected chi connectivity index (χ3v) is 5.13. The monoisotopic (exact) mass is 438 g/mol. The van der Waals surface area contributed by atoms with Gasteiger partial charge in [-0.3, -0.25) is 14.9 Å². The maximum Gasteiger partial charge on any atom is 0.258 e. The molecule has 32 heavy (non-hydrogen) atoms. The summed E-state index contributed by atoms with van der Waals surface area (Å²) in [6, 6.07) is 10.9. The van der Waals surface area contributed by atoms with Crippen molar-refractivity contribution in [1.82, 2.24) is 5.32 Å². The minimum atomic E-state index is -0.346. The van der Waals surface area contributed by atoms with Gasteiger partial charge in [0.05, 0.1) is 25.4 Å². The van der Waals surface area contributed by atoms with Crippen LogP contribution in [0.1, 0.15) is 41.3 Å². The van der Waals surface area contributed by atoms with Crippen LogP contribution in [0.5, 0.6) is 5.75 Å². The number of hydrogen-bond acceptors (Lipinski definition) is 5. The first-order valence-electron chi connectivity index (χ1n) is 10.6. The predicted octanol–water partition coefficient (Wildman–Crippen LogP) is 3.65. The van der Waals surface area contributed by atoms with Crippen LogP contribution < -0.4 is 20.7 Å². The lowest BCUT2D eigenvalue weighted by atomic mass is 10.1. The van der Waals surface area contributed by atoms with Crippen molar-refractivity contribution in [3.63, 3.8) is 0 Å². The molecule has 1 heterocycles. The van der Waals surface area contributed by atoms with Gasteiger partial charge in [0.25, 0.3) is 5.91 Å². The van der Waals surface area contributed by atoms with Crippen LogP contribution in [0.25, 0.3) is 0 Å². The molecule has 1 atom stereocenters. The number of methoxy groups -OCH3 is 1. The van der Waals surface area contributed by atoms with E-state index >= 15 is 0 Å². The number of hydrogen-bond donors (Lipinski definition) is 3. The molecule has 170 valence electrons. The molecule has 2 amide bonds. The van der Waals surface area contributed by atoms with Crippen molar-refractivity contribution in [2.45, 2.75) is 39.7 Å². The molecule has 0 aliphatic carbocycles. The Bertz CT molecular complexity index is 1010. The van der Waals surface area contributed by atoms with E-state index in [4.69, 9.17) is 9.47 Å². The Morgan fingerprint density at radius 3 is 2.62 bits per heavy atom. The number of ether oxygens (including phenoxy) is 2. The third-order valence-electron chi connectivity index (χ3n) is 5.13.